The Morgan fingerprint density at radius 3 is 0.900 bits per heavy atom. The van der Waals surface area contributed by atoms with E-state index < -0.39 is 5.97 Å². The van der Waals surface area contributed by atoms with Crippen molar-refractivity contribution in [1.82, 2.24) is 0 Å². The molecule has 15 nitrogen and oxygen atoms in total. The molecular formula is C35H68O15. The van der Waals surface area contributed by atoms with Gasteiger partial charge < -0.3 is 61.9 Å². The molecular weight excluding hydrogens is 660 g/mol. The van der Waals surface area contributed by atoms with Gasteiger partial charge in [0.1, 0.15) is 6.61 Å². The van der Waals surface area contributed by atoms with Crippen molar-refractivity contribution in [2.45, 2.75) is 64.7 Å². The maximum atomic E-state index is 11.7. The molecule has 0 rings (SSSR count). The zero-order valence-electron chi connectivity index (χ0n) is 30.8. The number of carbonyl (C=O) groups excluding carboxylic acids is 1. The van der Waals surface area contributed by atoms with Gasteiger partial charge in [-0.3, -0.25) is 9.59 Å². The molecule has 0 saturated heterocycles. The molecule has 298 valence electrons. The molecule has 0 bridgehead atoms. The summed E-state index contributed by atoms with van der Waals surface area (Å²) in [5.41, 5.74) is 0. The number of unbranched alkanes of at least 4 members (excludes halogenated alkanes) is 6. The lowest BCUT2D eigenvalue weighted by Crippen LogP contribution is -2.15. The van der Waals surface area contributed by atoms with E-state index in [1.165, 1.54) is 32.1 Å². The van der Waals surface area contributed by atoms with Crippen LogP contribution in [-0.2, 0) is 66.4 Å². The number of ether oxygens (including phenoxy) is 12. The van der Waals surface area contributed by atoms with Crippen LogP contribution in [0.4, 0.5) is 0 Å². The number of hydrogen-bond donors (Lipinski definition) is 1. The maximum Gasteiger partial charge on any atom is 0.305 e. The minimum atomic E-state index is -0.876. The van der Waals surface area contributed by atoms with Gasteiger partial charge in [-0.15, -0.1) is 0 Å². The number of carboxylic acids is 1. The van der Waals surface area contributed by atoms with Gasteiger partial charge in [0.05, 0.1) is 152 Å². The van der Waals surface area contributed by atoms with Crippen LogP contribution >= 0.6 is 0 Å². The molecule has 50 heavy (non-hydrogen) atoms. The van der Waals surface area contributed by atoms with Crippen LogP contribution < -0.4 is 0 Å². The van der Waals surface area contributed by atoms with Gasteiger partial charge in [-0.2, -0.15) is 0 Å². The van der Waals surface area contributed by atoms with Crippen LogP contribution in [-0.4, -0.2) is 169 Å². The van der Waals surface area contributed by atoms with Gasteiger partial charge in [0, 0.05) is 6.42 Å². The fraction of sp³-hybridized carbons (Fsp3) is 0.943. The molecule has 1 N–H and O–H groups in total. The molecule has 0 saturated carbocycles. The number of rotatable bonds is 44. The number of carbonyl (C=O) groups is 2. The summed E-state index contributed by atoms with van der Waals surface area (Å²) in [6, 6.07) is 0. The Hall–Kier alpha value is -1.50. The van der Waals surface area contributed by atoms with Crippen molar-refractivity contribution < 1.29 is 71.5 Å². The predicted octanol–water partition coefficient (Wildman–Crippen LogP) is 3.33. The fourth-order valence-corrected chi connectivity index (χ4v) is 3.97. The van der Waals surface area contributed by atoms with E-state index >= 15 is 0 Å². The highest BCUT2D eigenvalue weighted by Crippen LogP contribution is 2.08. The van der Waals surface area contributed by atoms with E-state index in [0.717, 1.165) is 12.8 Å². The zero-order chi connectivity index (χ0) is 36.3. The van der Waals surface area contributed by atoms with Crippen molar-refractivity contribution in [3.63, 3.8) is 0 Å². The minimum Gasteiger partial charge on any atom is -0.481 e. The lowest BCUT2D eigenvalue weighted by molar-refractivity contribution is -0.145. The first kappa shape index (κ1) is 48.5. The molecule has 0 heterocycles. The molecule has 15 heteroatoms. The summed E-state index contributed by atoms with van der Waals surface area (Å²) in [5, 5.41) is 8.49. The smallest absolute Gasteiger partial charge is 0.305 e. The number of hydrogen-bond acceptors (Lipinski definition) is 14. The van der Waals surface area contributed by atoms with E-state index in [1.807, 2.05) is 0 Å². The lowest BCUT2D eigenvalue weighted by atomic mass is 10.1. The first-order valence-electron chi connectivity index (χ1n) is 18.4. The van der Waals surface area contributed by atoms with Gasteiger partial charge >= 0.3 is 11.9 Å². The third kappa shape index (κ3) is 44.5. The van der Waals surface area contributed by atoms with Gasteiger partial charge in [0.25, 0.3) is 0 Å². The Labute approximate surface area is 300 Å². The quantitative estimate of drug-likeness (QED) is 0.0717. The number of aliphatic carboxylic acids is 1. The monoisotopic (exact) mass is 728 g/mol. The summed E-state index contributed by atoms with van der Waals surface area (Å²) < 4.78 is 64.7. The van der Waals surface area contributed by atoms with Crippen molar-refractivity contribution in [1.29, 1.82) is 0 Å². The minimum absolute atomic E-state index is 0.00472. The van der Waals surface area contributed by atoms with E-state index in [4.69, 9.17) is 61.9 Å². The second-order valence-electron chi connectivity index (χ2n) is 11.0. The molecule has 0 aromatic heterocycles. The summed E-state index contributed by atoms with van der Waals surface area (Å²) in [5.74, 6) is -1.02. The van der Waals surface area contributed by atoms with Crippen LogP contribution in [0.2, 0.25) is 0 Å². The van der Waals surface area contributed by atoms with E-state index in [9.17, 15) is 9.59 Å². The van der Waals surface area contributed by atoms with E-state index in [-0.39, 0.29) is 25.6 Å². The van der Waals surface area contributed by atoms with Crippen LogP contribution in [0, 0.1) is 0 Å². The molecule has 0 aliphatic heterocycles. The second-order valence-corrected chi connectivity index (χ2v) is 11.0. The molecule has 0 amide bonds. The summed E-state index contributed by atoms with van der Waals surface area (Å²) in [4.78, 5) is 22.0. The van der Waals surface area contributed by atoms with Crippen molar-refractivity contribution in [3.05, 3.63) is 0 Å². The van der Waals surface area contributed by atoms with Crippen molar-refractivity contribution in [2.75, 3.05) is 152 Å². The molecule has 0 aromatic carbocycles. The number of carboxylic acid groups (broad SMARTS) is 1. The highest BCUT2D eigenvalue weighted by molar-refractivity contribution is 5.69. The summed E-state index contributed by atoms with van der Waals surface area (Å²) >= 11 is 0. The van der Waals surface area contributed by atoms with Gasteiger partial charge in [-0.25, -0.2) is 0 Å². The lowest BCUT2D eigenvalue weighted by Gasteiger charge is -2.09. The molecule has 0 spiro atoms. The predicted molar refractivity (Wildman–Crippen MR) is 185 cm³/mol. The Balaban J connectivity index is 3.10. The van der Waals surface area contributed by atoms with Gasteiger partial charge in [-0.05, 0) is 6.42 Å². The Morgan fingerprint density at radius 2 is 0.600 bits per heavy atom. The van der Waals surface area contributed by atoms with Crippen molar-refractivity contribution in [2.24, 2.45) is 0 Å². The first-order valence-corrected chi connectivity index (χ1v) is 18.4. The summed E-state index contributed by atoms with van der Waals surface area (Å²) in [6.07, 6.45) is 8.76. The summed E-state index contributed by atoms with van der Waals surface area (Å²) in [6.45, 7) is 12.4. The SMILES string of the molecule is CCCCCCCCCC(=O)OCCOCCOCCOCCOCCOCCOCCOCCOCCOCCOCCOCCC(=O)O. The van der Waals surface area contributed by atoms with E-state index in [0.29, 0.717) is 145 Å². The Bertz CT molecular complexity index is 686. The largest absolute Gasteiger partial charge is 0.481 e. The Kier molecular flexibility index (Phi) is 42.4. The molecule has 0 aliphatic carbocycles. The summed E-state index contributed by atoms with van der Waals surface area (Å²) in [7, 11) is 0. The highest BCUT2D eigenvalue weighted by atomic mass is 16.6. The highest BCUT2D eigenvalue weighted by Gasteiger charge is 2.03. The average molecular weight is 729 g/mol. The van der Waals surface area contributed by atoms with Crippen LogP contribution in [0.1, 0.15) is 64.7 Å². The zero-order valence-corrected chi connectivity index (χ0v) is 30.8. The van der Waals surface area contributed by atoms with Crippen LogP contribution in [0.3, 0.4) is 0 Å². The van der Waals surface area contributed by atoms with E-state index in [1.54, 1.807) is 0 Å². The maximum absolute atomic E-state index is 11.7. The van der Waals surface area contributed by atoms with Gasteiger partial charge in [0.2, 0.25) is 0 Å². The first-order chi connectivity index (χ1) is 24.7. The Morgan fingerprint density at radius 1 is 0.340 bits per heavy atom. The van der Waals surface area contributed by atoms with Crippen molar-refractivity contribution >= 4 is 11.9 Å². The topological polar surface area (TPSA) is 165 Å². The van der Waals surface area contributed by atoms with Crippen LogP contribution in [0.25, 0.3) is 0 Å². The molecule has 0 aromatic rings. The number of esters is 1. The molecule has 0 fully saturated rings. The van der Waals surface area contributed by atoms with Crippen LogP contribution in [0.5, 0.6) is 0 Å². The molecule has 0 unspecified atom stereocenters. The van der Waals surface area contributed by atoms with E-state index in [2.05, 4.69) is 6.92 Å². The molecule has 0 radical (unpaired) electrons. The third-order valence-electron chi connectivity index (χ3n) is 6.66. The second kappa shape index (κ2) is 43.7. The molecule has 0 aliphatic rings. The standard InChI is InChI=1S/C35H68O15/c1-2-3-4-5-6-7-8-9-35(38)50-33-32-49-31-30-48-29-28-47-27-26-46-25-24-45-23-22-44-21-20-43-19-18-42-17-16-41-15-14-40-13-12-39-11-10-34(36)37/h2-33H2,1H3,(H,36,37). The third-order valence-corrected chi connectivity index (χ3v) is 6.66. The average Bonchev–Trinajstić information content (AvgIpc) is 3.11. The molecule has 0 atom stereocenters. The van der Waals surface area contributed by atoms with Gasteiger partial charge in [-0.1, -0.05) is 45.4 Å². The van der Waals surface area contributed by atoms with Gasteiger partial charge in [0.15, 0.2) is 0 Å². The van der Waals surface area contributed by atoms with Crippen LogP contribution in [0.15, 0.2) is 0 Å². The van der Waals surface area contributed by atoms with Crippen molar-refractivity contribution in [3.8, 4) is 0 Å². The fourth-order valence-electron chi connectivity index (χ4n) is 3.97. The normalized spacial score (nSPS) is 11.4.